The van der Waals surface area contributed by atoms with E-state index in [1.54, 1.807) is 0 Å². The van der Waals surface area contributed by atoms with Crippen molar-refractivity contribution in [2.45, 2.75) is 25.7 Å². The first-order chi connectivity index (χ1) is 9.16. The van der Waals surface area contributed by atoms with Crippen LogP contribution in [0.5, 0.6) is 0 Å². The van der Waals surface area contributed by atoms with E-state index in [0.29, 0.717) is 4.99 Å². The number of thiocarbonyl (C=S) groups is 1. The molecule has 1 fully saturated rings. The Balaban J connectivity index is 1.95. The maximum absolute atomic E-state index is 12.1. The van der Waals surface area contributed by atoms with E-state index in [1.807, 2.05) is 29.2 Å². The average Bonchev–Trinajstić information content (AvgIpc) is 2.68. The molecular formula is C14H19N3OS. The van der Waals surface area contributed by atoms with Gasteiger partial charge >= 0.3 is 6.03 Å². The zero-order chi connectivity index (χ0) is 13.7. The summed E-state index contributed by atoms with van der Waals surface area (Å²) in [6.07, 6.45) is 4.61. The van der Waals surface area contributed by atoms with Crippen LogP contribution in [0, 0.1) is 0 Å². The molecule has 1 aromatic carbocycles. The highest BCUT2D eigenvalue weighted by molar-refractivity contribution is 7.80. The van der Waals surface area contributed by atoms with Gasteiger partial charge in [-0.1, -0.05) is 25.1 Å². The highest BCUT2D eigenvalue weighted by atomic mass is 32.1. The van der Waals surface area contributed by atoms with Gasteiger partial charge in [0, 0.05) is 24.3 Å². The molecule has 0 radical (unpaired) electrons. The number of amides is 2. The summed E-state index contributed by atoms with van der Waals surface area (Å²) in [5.41, 5.74) is 7.12. The van der Waals surface area contributed by atoms with Crippen molar-refractivity contribution < 1.29 is 4.79 Å². The van der Waals surface area contributed by atoms with Gasteiger partial charge < -0.3 is 16.0 Å². The van der Waals surface area contributed by atoms with Crippen LogP contribution in [0.25, 0.3) is 0 Å². The van der Waals surface area contributed by atoms with Gasteiger partial charge in [0.2, 0.25) is 0 Å². The number of nitrogens with one attached hydrogen (secondary N) is 1. The van der Waals surface area contributed by atoms with Gasteiger partial charge in [-0.05, 0) is 37.1 Å². The maximum atomic E-state index is 12.1. The molecule has 0 bridgehead atoms. The molecule has 0 aliphatic carbocycles. The molecule has 19 heavy (non-hydrogen) atoms. The molecule has 0 unspecified atom stereocenters. The standard InChI is InChI=1S/C14H19N3OS/c15-13(19)11-5-7-12(8-6-11)16-14(18)17-9-3-1-2-4-10-17/h5-8H,1-4,9-10H2,(H2,15,19)(H,16,18). The molecule has 1 heterocycles. The molecule has 102 valence electrons. The summed E-state index contributed by atoms with van der Waals surface area (Å²) in [7, 11) is 0. The van der Waals surface area contributed by atoms with Crippen LogP contribution in [0.15, 0.2) is 24.3 Å². The third-order valence-electron chi connectivity index (χ3n) is 3.31. The van der Waals surface area contributed by atoms with Gasteiger partial charge in [0.05, 0.1) is 0 Å². The summed E-state index contributed by atoms with van der Waals surface area (Å²) < 4.78 is 0. The van der Waals surface area contributed by atoms with E-state index in [-0.39, 0.29) is 6.03 Å². The van der Waals surface area contributed by atoms with Crippen LogP contribution >= 0.6 is 12.2 Å². The predicted octanol–water partition coefficient (Wildman–Crippen LogP) is 2.73. The van der Waals surface area contributed by atoms with Crippen molar-refractivity contribution in [1.82, 2.24) is 4.90 Å². The number of hydrogen-bond acceptors (Lipinski definition) is 2. The molecule has 2 rings (SSSR count). The van der Waals surface area contributed by atoms with Crippen LogP contribution in [-0.4, -0.2) is 29.0 Å². The van der Waals surface area contributed by atoms with Gasteiger partial charge in [0.15, 0.2) is 0 Å². The molecule has 5 heteroatoms. The fourth-order valence-electron chi connectivity index (χ4n) is 2.19. The second-order valence-corrected chi connectivity index (χ2v) is 5.21. The third-order valence-corrected chi connectivity index (χ3v) is 3.55. The Kier molecular flexibility index (Phi) is 4.74. The van der Waals surface area contributed by atoms with E-state index >= 15 is 0 Å². The number of hydrogen-bond donors (Lipinski definition) is 2. The zero-order valence-electron chi connectivity index (χ0n) is 10.9. The normalized spacial score (nSPS) is 15.7. The van der Waals surface area contributed by atoms with E-state index < -0.39 is 0 Å². The Morgan fingerprint density at radius 3 is 2.21 bits per heavy atom. The molecule has 1 aromatic rings. The van der Waals surface area contributed by atoms with E-state index in [2.05, 4.69) is 5.32 Å². The summed E-state index contributed by atoms with van der Waals surface area (Å²) in [5.74, 6) is 0. The van der Waals surface area contributed by atoms with Crippen LogP contribution in [0.3, 0.4) is 0 Å². The van der Waals surface area contributed by atoms with E-state index in [4.69, 9.17) is 18.0 Å². The summed E-state index contributed by atoms with van der Waals surface area (Å²) in [4.78, 5) is 14.4. The second-order valence-electron chi connectivity index (χ2n) is 4.77. The minimum absolute atomic E-state index is 0.0232. The Labute approximate surface area is 119 Å². The number of carbonyl (C=O) groups excluding carboxylic acids is 1. The number of carbonyl (C=O) groups is 1. The predicted molar refractivity (Wildman–Crippen MR) is 81.4 cm³/mol. The van der Waals surface area contributed by atoms with Gasteiger partial charge in [0.1, 0.15) is 4.99 Å². The number of rotatable bonds is 2. The topological polar surface area (TPSA) is 58.4 Å². The highest BCUT2D eigenvalue weighted by Crippen LogP contribution is 2.13. The van der Waals surface area contributed by atoms with Crippen molar-refractivity contribution >= 4 is 28.9 Å². The van der Waals surface area contributed by atoms with Crippen molar-refractivity contribution in [3.8, 4) is 0 Å². The van der Waals surface area contributed by atoms with Crippen molar-refractivity contribution in [2.75, 3.05) is 18.4 Å². The number of anilines is 1. The van der Waals surface area contributed by atoms with Crippen LogP contribution < -0.4 is 11.1 Å². The van der Waals surface area contributed by atoms with Crippen LogP contribution in [0.2, 0.25) is 0 Å². The number of benzene rings is 1. The molecule has 2 amide bonds. The van der Waals surface area contributed by atoms with Crippen molar-refractivity contribution in [2.24, 2.45) is 5.73 Å². The summed E-state index contributed by atoms with van der Waals surface area (Å²) in [5, 5.41) is 2.91. The van der Waals surface area contributed by atoms with Crippen molar-refractivity contribution in [3.05, 3.63) is 29.8 Å². The van der Waals surface area contributed by atoms with Crippen LogP contribution in [-0.2, 0) is 0 Å². The molecule has 0 spiro atoms. The molecule has 1 saturated heterocycles. The van der Waals surface area contributed by atoms with E-state index in [1.165, 1.54) is 12.8 Å². The monoisotopic (exact) mass is 277 g/mol. The molecular weight excluding hydrogens is 258 g/mol. The summed E-state index contributed by atoms with van der Waals surface area (Å²) in [6, 6.07) is 7.26. The Morgan fingerprint density at radius 2 is 1.68 bits per heavy atom. The average molecular weight is 277 g/mol. The number of likely N-dealkylation sites (tertiary alicyclic amines) is 1. The largest absolute Gasteiger partial charge is 0.389 e. The van der Waals surface area contributed by atoms with Crippen molar-refractivity contribution in [1.29, 1.82) is 0 Å². The van der Waals surface area contributed by atoms with Crippen LogP contribution in [0.4, 0.5) is 10.5 Å². The Bertz CT molecular complexity index is 450. The molecule has 4 nitrogen and oxygen atoms in total. The van der Waals surface area contributed by atoms with Gasteiger partial charge in [-0.15, -0.1) is 0 Å². The number of nitrogens with two attached hydrogens (primary N) is 1. The molecule has 1 aliphatic rings. The molecule has 1 aliphatic heterocycles. The zero-order valence-corrected chi connectivity index (χ0v) is 11.7. The fraction of sp³-hybridized carbons (Fsp3) is 0.429. The lowest BCUT2D eigenvalue weighted by atomic mass is 10.2. The number of urea groups is 1. The quantitative estimate of drug-likeness (QED) is 0.817. The van der Waals surface area contributed by atoms with E-state index in [9.17, 15) is 4.79 Å². The minimum atomic E-state index is -0.0232. The lowest BCUT2D eigenvalue weighted by Crippen LogP contribution is -2.35. The fourth-order valence-corrected chi connectivity index (χ4v) is 2.33. The SMILES string of the molecule is NC(=S)c1ccc(NC(=O)N2CCCCCC2)cc1. The lowest BCUT2D eigenvalue weighted by Gasteiger charge is -2.20. The second kappa shape index (κ2) is 6.52. The molecule has 0 atom stereocenters. The molecule has 0 aromatic heterocycles. The number of nitrogens with zero attached hydrogens (tertiary/aromatic N) is 1. The van der Waals surface area contributed by atoms with Gasteiger partial charge in [0.25, 0.3) is 0 Å². The first-order valence-corrected chi connectivity index (χ1v) is 7.03. The maximum Gasteiger partial charge on any atom is 0.321 e. The van der Waals surface area contributed by atoms with Gasteiger partial charge in [-0.3, -0.25) is 0 Å². The van der Waals surface area contributed by atoms with Gasteiger partial charge in [-0.2, -0.15) is 0 Å². The lowest BCUT2D eigenvalue weighted by molar-refractivity contribution is 0.214. The summed E-state index contributed by atoms with van der Waals surface area (Å²) >= 11 is 4.89. The highest BCUT2D eigenvalue weighted by Gasteiger charge is 2.15. The Morgan fingerprint density at radius 1 is 1.11 bits per heavy atom. The van der Waals surface area contributed by atoms with Gasteiger partial charge in [-0.25, -0.2) is 4.79 Å². The molecule has 3 N–H and O–H groups in total. The minimum Gasteiger partial charge on any atom is -0.389 e. The molecule has 0 saturated carbocycles. The third kappa shape index (κ3) is 3.92. The summed E-state index contributed by atoms with van der Waals surface area (Å²) in [6.45, 7) is 1.69. The first-order valence-electron chi connectivity index (χ1n) is 6.62. The Hall–Kier alpha value is -1.62. The first kappa shape index (κ1) is 13.8. The van der Waals surface area contributed by atoms with E-state index in [0.717, 1.165) is 37.2 Å². The van der Waals surface area contributed by atoms with Crippen molar-refractivity contribution in [3.63, 3.8) is 0 Å². The smallest absolute Gasteiger partial charge is 0.321 e. The van der Waals surface area contributed by atoms with Crippen LogP contribution in [0.1, 0.15) is 31.2 Å².